The molecule has 0 saturated carbocycles. The number of nitrogens with zero attached hydrogens (tertiary/aromatic N) is 1. The summed E-state index contributed by atoms with van der Waals surface area (Å²) in [6, 6.07) is 7.49. The van der Waals surface area contributed by atoms with Crippen LogP contribution in [0, 0.1) is 15.9 Å². The van der Waals surface area contributed by atoms with Gasteiger partial charge in [0.25, 0.3) is 5.69 Å². The van der Waals surface area contributed by atoms with Crippen molar-refractivity contribution in [1.29, 1.82) is 0 Å². The van der Waals surface area contributed by atoms with Gasteiger partial charge in [-0.05, 0) is 30.0 Å². The first-order chi connectivity index (χ1) is 8.66. The molecule has 1 heterocycles. The maximum atomic E-state index is 12.9. The number of nitro benzene ring substituents is 1. The van der Waals surface area contributed by atoms with E-state index in [1.54, 1.807) is 11.3 Å². The number of hydrogen-bond donors (Lipinski definition) is 1. The number of nitrogens with one attached hydrogen (secondary N) is 1. The highest BCUT2D eigenvalue weighted by molar-refractivity contribution is 7.09. The lowest BCUT2D eigenvalue weighted by Crippen LogP contribution is -2.06. The van der Waals surface area contributed by atoms with Gasteiger partial charge in [0.05, 0.1) is 11.0 Å². The third kappa shape index (κ3) is 3.04. The second kappa shape index (κ2) is 5.59. The highest BCUT2D eigenvalue weighted by Crippen LogP contribution is 2.24. The molecule has 4 nitrogen and oxygen atoms in total. The van der Waals surface area contributed by atoms with Gasteiger partial charge in [0.2, 0.25) is 0 Å². The zero-order chi connectivity index (χ0) is 13.0. The SMILES string of the molecule is O=[N+]([O-])c1cc(F)ccc1NCCc1cccs1. The van der Waals surface area contributed by atoms with Crippen LogP contribution in [0.4, 0.5) is 15.8 Å². The molecule has 0 spiro atoms. The molecule has 0 atom stereocenters. The molecule has 6 heteroatoms. The third-order valence-electron chi connectivity index (χ3n) is 2.42. The molecule has 94 valence electrons. The van der Waals surface area contributed by atoms with Crippen molar-refractivity contribution in [3.05, 3.63) is 56.5 Å². The van der Waals surface area contributed by atoms with Gasteiger partial charge in [-0.1, -0.05) is 6.07 Å². The lowest BCUT2D eigenvalue weighted by molar-refractivity contribution is -0.384. The van der Waals surface area contributed by atoms with Crippen LogP contribution in [0.1, 0.15) is 4.88 Å². The minimum atomic E-state index is -0.606. The molecule has 0 saturated heterocycles. The largest absolute Gasteiger partial charge is 0.379 e. The third-order valence-corrected chi connectivity index (χ3v) is 3.36. The van der Waals surface area contributed by atoms with Gasteiger partial charge in [-0.3, -0.25) is 10.1 Å². The van der Waals surface area contributed by atoms with Gasteiger partial charge in [-0.2, -0.15) is 0 Å². The Labute approximate surface area is 107 Å². The number of hydrogen-bond acceptors (Lipinski definition) is 4. The summed E-state index contributed by atoms with van der Waals surface area (Å²) in [5, 5.41) is 15.7. The average molecular weight is 266 g/mol. The van der Waals surface area contributed by atoms with Crippen molar-refractivity contribution in [3.8, 4) is 0 Å². The van der Waals surface area contributed by atoms with E-state index in [2.05, 4.69) is 5.32 Å². The second-order valence-corrected chi connectivity index (χ2v) is 4.71. The Bertz CT molecular complexity index is 543. The molecule has 18 heavy (non-hydrogen) atoms. The minimum absolute atomic E-state index is 0.235. The smallest absolute Gasteiger partial charge is 0.295 e. The zero-order valence-electron chi connectivity index (χ0n) is 9.43. The van der Waals surface area contributed by atoms with Crippen LogP contribution in [0.15, 0.2) is 35.7 Å². The van der Waals surface area contributed by atoms with Gasteiger partial charge in [-0.15, -0.1) is 11.3 Å². The molecular formula is C12H11FN2O2S. The number of anilines is 1. The molecule has 1 aromatic heterocycles. The van der Waals surface area contributed by atoms with Crippen molar-refractivity contribution in [2.24, 2.45) is 0 Å². The summed E-state index contributed by atoms with van der Waals surface area (Å²) in [6.07, 6.45) is 0.784. The first kappa shape index (κ1) is 12.5. The monoisotopic (exact) mass is 266 g/mol. The van der Waals surface area contributed by atoms with Gasteiger partial charge in [0, 0.05) is 11.4 Å². The van der Waals surface area contributed by atoms with E-state index in [4.69, 9.17) is 0 Å². The van der Waals surface area contributed by atoms with Crippen LogP contribution < -0.4 is 5.32 Å². The first-order valence-electron chi connectivity index (χ1n) is 5.37. The Morgan fingerprint density at radius 3 is 2.89 bits per heavy atom. The van der Waals surface area contributed by atoms with Crippen molar-refractivity contribution in [3.63, 3.8) is 0 Å². The zero-order valence-corrected chi connectivity index (χ0v) is 10.2. The topological polar surface area (TPSA) is 55.2 Å². The van der Waals surface area contributed by atoms with Crippen LogP contribution in [0.2, 0.25) is 0 Å². The molecule has 0 aliphatic carbocycles. The predicted molar refractivity (Wildman–Crippen MR) is 69.6 cm³/mol. The van der Waals surface area contributed by atoms with Gasteiger partial charge < -0.3 is 5.32 Å². The Kier molecular flexibility index (Phi) is 3.88. The molecule has 1 aromatic carbocycles. The van der Waals surface area contributed by atoms with E-state index in [-0.39, 0.29) is 5.69 Å². The molecule has 0 aliphatic heterocycles. The molecule has 0 unspecified atom stereocenters. The molecule has 1 N–H and O–H groups in total. The summed E-state index contributed by atoms with van der Waals surface area (Å²) in [5.74, 6) is -0.606. The summed E-state index contributed by atoms with van der Waals surface area (Å²) >= 11 is 1.64. The van der Waals surface area contributed by atoms with E-state index in [0.717, 1.165) is 12.5 Å². The summed E-state index contributed by atoms with van der Waals surface area (Å²) in [5.41, 5.74) is 0.110. The Balaban J connectivity index is 2.02. The van der Waals surface area contributed by atoms with E-state index in [1.807, 2.05) is 17.5 Å². The van der Waals surface area contributed by atoms with E-state index in [0.29, 0.717) is 12.2 Å². The molecule has 0 amide bonds. The summed E-state index contributed by atoms with van der Waals surface area (Å²) < 4.78 is 12.9. The standard InChI is InChI=1S/C12H11FN2O2S/c13-9-3-4-11(12(8-9)15(16)17)14-6-5-10-2-1-7-18-10/h1-4,7-8,14H,5-6H2. The molecule has 2 rings (SSSR count). The van der Waals surface area contributed by atoms with Crippen molar-refractivity contribution in [2.75, 3.05) is 11.9 Å². The quantitative estimate of drug-likeness (QED) is 0.666. The lowest BCUT2D eigenvalue weighted by atomic mass is 10.2. The average Bonchev–Trinajstić information content (AvgIpc) is 2.84. The van der Waals surface area contributed by atoms with Crippen molar-refractivity contribution in [2.45, 2.75) is 6.42 Å². The van der Waals surface area contributed by atoms with Crippen LogP contribution in [-0.2, 0) is 6.42 Å². The fourth-order valence-electron chi connectivity index (χ4n) is 1.58. The van der Waals surface area contributed by atoms with Crippen LogP contribution >= 0.6 is 11.3 Å². The Morgan fingerprint density at radius 1 is 1.39 bits per heavy atom. The number of thiophene rings is 1. The summed E-state index contributed by atoms with van der Waals surface area (Å²) in [4.78, 5) is 11.4. The maximum Gasteiger partial charge on any atom is 0.295 e. The highest BCUT2D eigenvalue weighted by Gasteiger charge is 2.14. The number of halogens is 1. The normalized spacial score (nSPS) is 10.3. The van der Waals surface area contributed by atoms with Crippen molar-refractivity contribution >= 4 is 22.7 Å². The van der Waals surface area contributed by atoms with Crippen LogP contribution in [-0.4, -0.2) is 11.5 Å². The molecular weight excluding hydrogens is 255 g/mol. The fraction of sp³-hybridized carbons (Fsp3) is 0.167. The molecule has 0 bridgehead atoms. The van der Waals surface area contributed by atoms with Gasteiger partial charge in [0.15, 0.2) is 0 Å². The fourth-order valence-corrected chi connectivity index (χ4v) is 2.29. The maximum absolute atomic E-state index is 12.9. The van der Waals surface area contributed by atoms with Gasteiger partial charge in [0.1, 0.15) is 11.5 Å². The van der Waals surface area contributed by atoms with E-state index >= 15 is 0 Å². The number of rotatable bonds is 5. The molecule has 0 aliphatic rings. The number of nitro groups is 1. The molecule has 0 fully saturated rings. The van der Waals surface area contributed by atoms with E-state index in [1.165, 1.54) is 17.0 Å². The van der Waals surface area contributed by atoms with Crippen LogP contribution in [0.5, 0.6) is 0 Å². The van der Waals surface area contributed by atoms with Crippen LogP contribution in [0.3, 0.4) is 0 Å². The number of benzene rings is 1. The minimum Gasteiger partial charge on any atom is -0.379 e. The first-order valence-corrected chi connectivity index (χ1v) is 6.25. The van der Waals surface area contributed by atoms with Gasteiger partial charge >= 0.3 is 0 Å². The summed E-state index contributed by atoms with van der Waals surface area (Å²) in [7, 11) is 0. The van der Waals surface area contributed by atoms with E-state index in [9.17, 15) is 14.5 Å². The second-order valence-electron chi connectivity index (χ2n) is 3.67. The lowest BCUT2D eigenvalue weighted by Gasteiger charge is -2.06. The summed E-state index contributed by atoms with van der Waals surface area (Å²) in [6.45, 7) is 0.576. The van der Waals surface area contributed by atoms with Crippen LogP contribution in [0.25, 0.3) is 0 Å². The molecule has 0 radical (unpaired) electrons. The van der Waals surface area contributed by atoms with Crippen molar-refractivity contribution in [1.82, 2.24) is 0 Å². The Morgan fingerprint density at radius 2 is 2.22 bits per heavy atom. The Hall–Kier alpha value is -1.95. The van der Waals surface area contributed by atoms with Crippen molar-refractivity contribution < 1.29 is 9.31 Å². The molecule has 2 aromatic rings. The highest BCUT2D eigenvalue weighted by atomic mass is 32.1. The predicted octanol–water partition coefficient (Wildman–Crippen LogP) is 3.45. The van der Waals surface area contributed by atoms with E-state index < -0.39 is 10.7 Å². The van der Waals surface area contributed by atoms with Gasteiger partial charge in [-0.25, -0.2) is 4.39 Å².